The molecule has 0 aromatic carbocycles. The van der Waals surface area contributed by atoms with E-state index < -0.39 is 0 Å². The Kier molecular flexibility index (Phi) is 7.00. The first-order chi connectivity index (χ1) is 9.79. The molecule has 0 radical (unpaired) electrons. The quantitative estimate of drug-likeness (QED) is 0.849. The van der Waals surface area contributed by atoms with Gasteiger partial charge >= 0.3 is 6.03 Å². The molecule has 2 rings (SSSR count). The maximum Gasteiger partial charge on any atom is 0.317 e. The van der Waals surface area contributed by atoms with Crippen LogP contribution in [0.2, 0.25) is 0 Å². The van der Waals surface area contributed by atoms with Crippen LogP contribution in [0.15, 0.2) is 0 Å². The average molecular weight is 300 g/mol. The fourth-order valence-corrected chi connectivity index (χ4v) is 4.04. The molecule has 0 unspecified atom stereocenters. The fourth-order valence-electron chi connectivity index (χ4n) is 2.84. The number of nitrogens with one attached hydrogen (secondary N) is 1. The van der Waals surface area contributed by atoms with Gasteiger partial charge in [-0.1, -0.05) is 6.92 Å². The number of likely N-dealkylation sites (tertiary alicyclic amines) is 1. The molecule has 2 fully saturated rings. The molecule has 1 N–H and O–H groups in total. The molecule has 2 amide bonds. The van der Waals surface area contributed by atoms with Crippen LogP contribution in [0.3, 0.4) is 0 Å². The summed E-state index contributed by atoms with van der Waals surface area (Å²) in [6.07, 6.45) is 7.08. The molecule has 2 aliphatic rings. The maximum atomic E-state index is 12.2. The largest absolute Gasteiger partial charge is 0.378 e. The molecule has 0 aromatic rings. The molecule has 2 saturated heterocycles. The summed E-state index contributed by atoms with van der Waals surface area (Å²) >= 11 is 1.99. The Morgan fingerprint density at radius 3 is 2.95 bits per heavy atom. The SMILES string of the molecule is CCCO[C@@H]1CCCN(C(=O)NC[C@H]2CCCS2)CC1. The summed E-state index contributed by atoms with van der Waals surface area (Å²) in [6.45, 7) is 5.51. The van der Waals surface area contributed by atoms with Crippen molar-refractivity contribution in [3.8, 4) is 0 Å². The summed E-state index contributed by atoms with van der Waals surface area (Å²) in [4.78, 5) is 14.2. The van der Waals surface area contributed by atoms with Crippen molar-refractivity contribution in [2.24, 2.45) is 0 Å². The van der Waals surface area contributed by atoms with E-state index in [1.165, 1.54) is 18.6 Å². The standard InChI is InChI=1S/C15H28N2O2S/c1-2-10-19-13-5-3-8-17(9-7-13)15(18)16-12-14-6-4-11-20-14/h13-14H,2-12H2,1H3,(H,16,18)/t13-,14-/m1/s1. The van der Waals surface area contributed by atoms with Crippen molar-refractivity contribution in [3.05, 3.63) is 0 Å². The topological polar surface area (TPSA) is 41.6 Å². The number of rotatable bonds is 5. The first kappa shape index (κ1) is 16.0. The Balaban J connectivity index is 1.67. The van der Waals surface area contributed by atoms with Crippen LogP contribution in [0.4, 0.5) is 4.79 Å². The van der Waals surface area contributed by atoms with Gasteiger partial charge in [-0.25, -0.2) is 4.79 Å². The first-order valence-electron chi connectivity index (χ1n) is 8.05. The number of carbonyl (C=O) groups excluding carboxylic acids is 1. The van der Waals surface area contributed by atoms with Crippen molar-refractivity contribution >= 4 is 17.8 Å². The van der Waals surface area contributed by atoms with Gasteiger partial charge in [0.05, 0.1) is 6.10 Å². The van der Waals surface area contributed by atoms with Crippen LogP contribution in [0.25, 0.3) is 0 Å². The van der Waals surface area contributed by atoms with E-state index in [2.05, 4.69) is 12.2 Å². The molecule has 2 atom stereocenters. The third kappa shape index (κ3) is 5.17. The van der Waals surface area contributed by atoms with Gasteiger partial charge in [0.2, 0.25) is 0 Å². The van der Waals surface area contributed by atoms with Crippen molar-refractivity contribution in [2.75, 3.05) is 32.0 Å². The van der Waals surface area contributed by atoms with Gasteiger partial charge in [-0.2, -0.15) is 11.8 Å². The molecule has 2 heterocycles. The lowest BCUT2D eigenvalue weighted by Crippen LogP contribution is -2.42. The second-order valence-corrected chi connectivity index (χ2v) is 7.14. The van der Waals surface area contributed by atoms with E-state index in [1.54, 1.807) is 0 Å². The lowest BCUT2D eigenvalue weighted by Gasteiger charge is -2.22. The van der Waals surface area contributed by atoms with Crippen molar-refractivity contribution in [1.29, 1.82) is 0 Å². The van der Waals surface area contributed by atoms with Gasteiger partial charge in [0.1, 0.15) is 0 Å². The molecule has 0 spiro atoms. The van der Waals surface area contributed by atoms with Crippen LogP contribution in [-0.2, 0) is 4.74 Å². The van der Waals surface area contributed by atoms with Gasteiger partial charge in [-0.15, -0.1) is 0 Å². The van der Waals surface area contributed by atoms with E-state index in [0.29, 0.717) is 11.4 Å². The monoisotopic (exact) mass is 300 g/mol. The number of amides is 2. The number of urea groups is 1. The van der Waals surface area contributed by atoms with Crippen LogP contribution < -0.4 is 5.32 Å². The minimum Gasteiger partial charge on any atom is -0.378 e. The van der Waals surface area contributed by atoms with Gasteiger partial charge in [0.15, 0.2) is 0 Å². The predicted octanol–water partition coefficient (Wildman–Crippen LogP) is 2.87. The molecule has 4 nitrogen and oxygen atoms in total. The molecular formula is C15H28N2O2S. The van der Waals surface area contributed by atoms with Gasteiger partial charge in [0.25, 0.3) is 0 Å². The third-order valence-corrected chi connectivity index (χ3v) is 5.42. The van der Waals surface area contributed by atoms with Gasteiger partial charge in [-0.3, -0.25) is 0 Å². The summed E-state index contributed by atoms with van der Waals surface area (Å²) < 4.78 is 5.82. The Morgan fingerprint density at radius 2 is 2.20 bits per heavy atom. The molecule has 0 saturated carbocycles. The molecule has 0 aliphatic carbocycles. The number of hydrogen-bond donors (Lipinski definition) is 1. The lowest BCUT2D eigenvalue weighted by molar-refractivity contribution is 0.0445. The summed E-state index contributed by atoms with van der Waals surface area (Å²) in [6, 6.07) is 0.119. The first-order valence-corrected chi connectivity index (χ1v) is 9.10. The third-order valence-electron chi connectivity index (χ3n) is 4.02. The highest BCUT2D eigenvalue weighted by Gasteiger charge is 2.22. The summed E-state index contributed by atoms with van der Waals surface area (Å²) in [5.41, 5.74) is 0. The zero-order valence-electron chi connectivity index (χ0n) is 12.6. The molecule has 20 heavy (non-hydrogen) atoms. The van der Waals surface area contributed by atoms with Crippen LogP contribution in [-0.4, -0.2) is 54.3 Å². The Hall–Kier alpha value is -0.420. The smallest absolute Gasteiger partial charge is 0.317 e. The van der Waals surface area contributed by atoms with E-state index >= 15 is 0 Å². The minimum absolute atomic E-state index is 0.119. The van der Waals surface area contributed by atoms with Crippen molar-refractivity contribution in [1.82, 2.24) is 10.2 Å². The number of hydrogen-bond acceptors (Lipinski definition) is 3. The second-order valence-electron chi connectivity index (χ2n) is 5.73. The van der Waals surface area contributed by atoms with E-state index in [4.69, 9.17) is 4.74 Å². The summed E-state index contributed by atoms with van der Waals surface area (Å²) in [7, 11) is 0. The van der Waals surface area contributed by atoms with E-state index in [-0.39, 0.29) is 6.03 Å². The zero-order chi connectivity index (χ0) is 14.2. The van der Waals surface area contributed by atoms with Gasteiger partial charge < -0.3 is 15.0 Å². The van der Waals surface area contributed by atoms with Crippen LogP contribution in [0.1, 0.15) is 45.4 Å². The molecule has 116 valence electrons. The highest BCUT2D eigenvalue weighted by Crippen LogP contribution is 2.25. The average Bonchev–Trinajstić information content (AvgIpc) is 2.87. The minimum atomic E-state index is 0.119. The molecule has 0 aromatic heterocycles. The Labute approximate surface area is 127 Å². The van der Waals surface area contributed by atoms with Crippen LogP contribution >= 0.6 is 11.8 Å². The number of ether oxygens (including phenoxy) is 1. The van der Waals surface area contributed by atoms with E-state index in [0.717, 1.165) is 51.9 Å². The highest BCUT2D eigenvalue weighted by atomic mass is 32.2. The summed E-state index contributed by atoms with van der Waals surface area (Å²) in [5, 5.41) is 3.74. The molecule has 5 heteroatoms. The van der Waals surface area contributed by atoms with E-state index in [1.807, 2.05) is 16.7 Å². The zero-order valence-corrected chi connectivity index (χ0v) is 13.4. The lowest BCUT2D eigenvalue weighted by atomic mass is 10.2. The molecule has 2 aliphatic heterocycles. The maximum absolute atomic E-state index is 12.2. The number of nitrogens with zero attached hydrogens (tertiary/aromatic N) is 1. The van der Waals surface area contributed by atoms with Crippen molar-refractivity contribution < 1.29 is 9.53 Å². The predicted molar refractivity (Wildman–Crippen MR) is 84.3 cm³/mol. The molecule has 0 bridgehead atoms. The molecular weight excluding hydrogens is 272 g/mol. The number of carbonyl (C=O) groups is 1. The fraction of sp³-hybridized carbons (Fsp3) is 0.933. The van der Waals surface area contributed by atoms with Crippen LogP contribution in [0, 0.1) is 0 Å². The van der Waals surface area contributed by atoms with Crippen molar-refractivity contribution in [2.45, 2.75) is 56.8 Å². The van der Waals surface area contributed by atoms with Crippen molar-refractivity contribution in [3.63, 3.8) is 0 Å². The van der Waals surface area contributed by atoms with Crippen LogP contribution in [0.5, 0.6) is 0 Å². The van der Waals surface area contributed by atoms with Gasteiger partial charge in [-0.05, 0) is 44.3 Å². The normalized spacial score (nSPS) is 27.4. The van der Waals surface area contributed by atoms with Gasteiger partial charge in [0, 0.05) is 31.5 Å². The Bertz CT molecular complexity index is 296. The highest BCUT2D eigenvalue weighted by molar-refractivity contribution is 8.00. The number of thioether (sulfide) groups is 1. The Morgan fingerprint density at radius 1 is 1.30 bits per heavy atom. The second kappa shape index (κ2) is 8.78. The summed E-state index contributed by atoms with van der Waals surface area (Å²) in [5.74, 6) is 1.25. The van der Waals surface area contributed by atoms with E-state index in [9.17, 15) is 4.79 Å².